The second kappa shape index (κ2) is 5.53. The number of hydrogen-bond donors (Lipinski definition) is 2. The van der Waals surface area contributed by atoms with Gasteiger partial charge < -0.3 is 10.4 Å². The molecule has 21 heavy (non-hydrogen) atoms. The number of nitrogens with one attached hydrogen (secondary N) is 1. The van der Waals surface area contributed by atoms with E-state index in [1.807, 2.05) is 19.1 Å². The van der Waals surface area contributed by atoms with Crippen molar-refractivity contribution in [3.63, 3.8) is 0 Å². The molecule has 2 aromatic carbocycles. The van der Waals surface area contributed by atoms with E-state index in [0.29, 0.717) is 5.56 Å². The predicted octanol–water partition coefficient (Wildman–Crippen LogP) is 4.56. The molecule has 4 heteroatoms. The van der Waals surface area contributed by atoms with E-state index in [9.17, 15) is 4.79 Å². The van der Waals surface area contributed by atoms with Gasteiger partial charge in [0.15, 0.2) is 0 Å². The normalized spacial score (nSPS) is 16.6. The molecule has 1 aliphatic rings. The average molecular weight is 346 g/mol. The van der Waals surface area contributed by atoms with E-state index in [1.54, 1.807) is 12.1 Å². The minimum atomic E-state index is -0.896. The van der Waals surface area contributed by atoms with Crippen molar-refractivity contribution in [3.8, 4) is 0 Å². The molecule has 1 atom stereocenters. The maximum absolute atomic E-state index is 11.1. The van der Waals surface area contributed by atoms with Crippen molar-refractivity contribution in [2.45, 2.75) is 25.8 Å². The third kappa shape index (κ3) is 2.68. The second-order valence-corrected chi connectivity index (χ2v) is 6.23. The molecule has 0 amide bonds. The smallest absolute Gasteiger partial charge is 0.335 e. The van der Waals surface area contributed by atoms with E-state index >= 15 is 0 Å². The zero-order valence-corrected chi connectivity index (χ0v) is 13.3. The van der Waals surface area contributed by atoms with Crippen LogP contribution in [0.3, 0.4) is 0 Å². The van der Waals surface area contributed by atoms with Crippen LogP contribution >= 0.6 is 15.9 Å². The predicted molar refractivity (Wildman–Crippen MR) is 87.0 cm³/mol. The van der Waals surface area contributed by atoms with E-state index in [4.69, 9.17) is 5.11 Å². The number of anilines is 1. The van der Waals surface area contributed by atoms with Gasteiger partial charge in [-0.15, -0.1) is 0 Å². The molecule has 0 aromatic heterocycles. The third-order valence-electron chi connectivity index (χ3n) is 4.03. The van der Waals surface area contributed by atoms with Crippen LogP contribution in [0.4, 0.5) is 5.69 Å². The Kier molecular flexibility index (Phi) is 3.72. The Hall–Kier alpha value is -1.81. The number of hydrogen-bond acceptors (Lipinski definition) is 2. The number of aryl methyl sites for hydroxylation is 1. The Morgan fingerprint density at radius 2 is 2.14 bits per heavy atom. The van der Waals surface area contributed by atoms with Crippen LogP contribution in [-0.4, -0.2) is 11.1 Å². The summed E-state index contributed by atoms with van der Waals surface area (Å²) in [6.07, 6.45) is 2.06. The van der Waals surface area contributed by atoms with E-state index in [2.05, 4.69) is 33.4 Å². The minimum absolute atomic E-state index is 0.236. The highest BCUT2D eigenvalue weighted by molar-refractivity contribution is 9.10. The lowest BCUT2D eigenvalue weighted by atomic mass is 10.1. The van der Waals surface area contributed by atoms with Crippen molar-refractivity contribution in [2.75, 3.05) is 5.32 Å². The van der Waals surface area contributed by atoms with Crippen LogP contribution in [0.15, 0.2) is 40.9 Å². The van der Waals surface area contributed by atoms with Gasteiger partial charge in [0.25, 0.3) is 0 Å². The second-order valence-electron chi connectivity index (χ2n) is 5.38. The van der Waals surface area contributed by atoms with E-state index in [-0.39, 0.29) is 6.04 Å². The third-order valence-corrected chi connectivity index (χ3v) is 4.77. The molecule has 0 bridgehead atoms. The Balaban J connectivity index is 1.91. The molecule has 108 valence electrons. The quantitative estimate of drug-likeness (QED) is 0.857. The molecule has 2 N–H and O–H groups in total. The number of carboxylic acids is 1. The summed E-state index contributed by atoms with van der Waals surface area (Å²) in [6, 6.07) is 11.7. The van der Waals surface area contributed by atoms with E-state index in [0.717, 1.165) is 28.6 Å². The van der Waals surface area contributed by atoms with Crippen LogP contribution in [0.25, 0.3) is 0 Å². The van der Waals surface area contributed by atoms with Gasteiger partial charge in [0.2, 0.25) is 0 Å². The van der Waals surface area contributed by atoms with Crippen molar-refractivity contribution < 1.29 is 9.90 Å². The molecule has 0 radical (unpaired) electrons. The van der Waals surface area contributed by atoms with Crippen molar-refractivity contribution in [3.05, 3.63) is 63.1 Å². The molecular formula is C17H16BrNO2. The first-order valence-electron chi connectivity index (χ1n) is 6.94. The summed E-state index contributed by atoms with van der Waals surface area (Å²) in [5.41, 5.74) is 4.92. The highest BCUT2D eigenvalue weighted by Crippen LogP contribution is 2.38. The number of halogens is 1. The maximum atomic E-state index is 11.1. The van der Waals surface area contributed by atoms with Crippen molar-refractivity contribution in [1.29, 1.82) is 0 Å². The lowest BCUT2D eigenvalue weighted by Gasteiger charge is -2.18. The molecule has 2 aromatic rings. The van der Waals surface area contributed by atoms with Crippen LogP contribution < -0.4 is 5.32 Å². The number of carboxylic acid groups (broad SMARTS) is 1. The maximum Gasteiger partial charge on any atom is 0.335 e. The molecule has 0 aliphatic heterocycles. The molecule has 0 saturated carbocycles. The zero-order chi connectivity index (χ0) is 15.0. The van der Waals surface area contributed by atoms with Crippen molar-refractivity contribution in [2.24, 2.45) is 0 Å². The van der Waals surface area contributed by atoms with Gasteiger partial charge in [-0.3, -0.25) is 0 Å². The van der Waals surface area contributed by atoms with Gasteiger partial charge >= 0.3 is 5.97 Å². The van der Waals surface area contributed by atoms with Gasteiger partial charge in [0.1, 0.15) is 0 Å². The van der Waals surface area contributed by atoms with Crippen LogP contribution in [0.2, 0.25) is 0 Å². The molecule has 1 unspecified atom stereocenters. The summed E-state index contributed by atoms with van der Waals surface area (Å²) in [5, 5.41) is 12.6. The van der Waals surface area contributed by atoms with Gasteiger partial charge in [-0.2, -0.15) is 0 Å². The van der Waals surface area contributed by atoms with Crippen molar-refractivity contribution in [1.82, 2.24) is 0 Å². The SMILES string of the molecule is Cc1ccc(C(=O)O)cc1NC1CCc2c(Br)cccc21. The first kappa shape index (κ1) is 14.1. The fraction of sp³-hybridized carbons (Fsp3) is 0.235. The number of carbonyl (C=O) groups is 1. The largest absolute Gasteiger partial charge is 0.478 e. The number of rotatable bonds is 3. The summed E-state index contributed by atoms with van der Waals surface area (Å²) in [7, 11) is 0. The average Bonchev–Trinajstić information content (AvgIpc) is 2.86. The topological polar surface area (TPSA) is 49.3 Å². The molecule has 0 heterocycles. The van der Waals surface area contributed by atoms with E-state index in [1.165, 1.54) is 11.1 Å². The highest BCUT2D eigenvalue weighted by atomic mass is 79.9. The molecule has 0 spiro atoms. The minimum Gasteiger partial charge on any atom is -0.478 e. The summed E-state index contributed by atoms with van der Waals surface area (Å²) in [5.74, 6) is -0.896. The standard InChI is InChI=1S/C17H16BrNO2/c1-10-5-6-11(17(20)21)9-16(10)19-15-8-7-12-13(15)3-2-4-14(12)18/h2-6,9,15,19H,7-8H2,1H3,(H,20,21). The van der Waals surface area contributed by atoms with Crippen LogP contribution in [0.1, 0.15) is 39.5 Å². The summed E-state index contributed by atoms with van der Waals surface area (Å²) >= 11 is 3.60. The number of fused-ring (bicyclic) bond motifs is 1. The van der Waals surface area contributed by atoms with Gasteiger partial charge in [-0.05, 0) is 54.7 Å². The van der Waals surface area contributed by atoms with Crippen molar-refractivity contribution >= 4 is 27.6 Å². The van der Waals surface area contributed by atoms with Gasteiger partial charge in [0, 0.05) is 10.2 Å². The summed E-state index contributed by atoms with van der Waals surface area (Å²) < 4.78 is 1.15. The lowest BCUT2D eigenvalue weighted by molar-refractivity contribution is 0.0697. The zero-order valence-electron chi connectivity index (χ0n) is 11.7. The van der Waals surface area contributed by atoms with Gasteiger partial charge in [-0.25, -0.2) is 4.79 Å². The number of aromatic carboxylic acids is 1. The number of benzene rings is 2. The monoisotopic (exact) mass is 345 g/mol. The molecule has 3 rings (SSSR count). The van der Waals surface area contributed by atoms with Crippen LogP contribution in [0.5, 0.6) is 0 Å². The summed E-state index contributed by atoms with van der Waals surface area (Å²) in [4.78, 5) is 11.1. The summed E-state index contributed by atoms with van der Waals surface area (Å²) in [6.45, 7) is 1.99. The fourth-order valence-corrected chi connectivity index (χ4v) is 3.44. The molecular weight excluding hydrogens is 330 g/mol. The Morgan fingerprint density at radius 1 is 1.33 bits per heavy atom. The molecule has 0 saturated heterocycles. The lowest BCUT2D eigenvalue weighted by Crippen LogP contribution is -2.09. The van der Waals surface area contributed by atoms with Gasteiger partial charge in [0.05, 0.1) is 11.6 Å². The van der Waals surface area contributed by atoms with E-state index < -0.39 is 5.97 Å². The Bertz CT molecular complexity index is 712. The molecule has 0 fully saturated rings. The fourth-order valence-electron chi connectivity index (χ4n) is 2.86. The first-order valence-corrected chi connectivity index (χ1v) is 7.73. The Labute approximate surface area is 132 Å². The Morgan fingerprint density at radius 3 is 2.90 bits per heavy atom. The van der Waals surface area contributed by atoms with Crippen LogP contribution in [-0.2, 0) is 6.42 Å². The first-order chi connectivity index (χ1) is 10.1. The van der Waals surface area contributed by atoms with Crippen LogP contribution in [0, 0.1) is 6.92 Å². The highest BCUT2D eigenvalue weighted by Gasteiger charge is 2.24. The van der Waals surface area contributed by atoms with Gasteiger partial charge in [-0.1, -0.05) is 34.1 Å². The molecule has 1 aliphatic carbocycles. The molecule has 3 nitrogen and oxygen atoms in total.